The first-order valence-electron chi connectivity index (χ1n) is 15.0. The Bertz CT molecular complexity index is 1410. The highest BCUT2D eigenvalue weighted by atomic mass is 35.5. The fourth-order valence-electron chi connectivity index (χ4n) is 7.23. The minimum Gasteiger partial charge on any atom is -0.368 e. The predicted molar refractivity (Wildman–Crippen MR) is 168 cm³/mol. The monoisotopic (exact) mass is 572 g/mol. The molecule has 1 fully saturated rings. The van der Waals surface area contributed by atoms with E-state index in [9.17, 15) is 9.59 Å². The Balaban J connectivity index is 1.30. The second-order valence-electron chi connectivity index (χ2n) is 12.9. The number of nitrogens with one attached hydrogen (secondary N) is 1. The average molecular weight is 573 g/mol. The topological polar surface area (TPSA) is 55.9 Å². The summed E-state index contributed by atoms with van der Waals surface area (Å²) in [5, 5.41) is 4.42. The smallest absolute Gasteiger partial charge is 0.242 e. The maximum Gasteiger partial charge on any atom is 0.242 e. The van der Waals surface area contributed by atoms with E-state index in [1.807, 2.05) is 29.2 Å². The number of piperazine rings is 1. The van der Waals surface area contributed by atoms with E-state index >= 15 is 0 Å². The van der Waals surface area contributed by atoms with Crippen LogP contribution in [0.1, 0.15) is 51.5 Å². The maximum atomic E-state index is 14.0. The van der Waals surface area contributed by atoms with Gasteiger partial charge in [0.1, 0.15) is 0 Å². The van der Waals surface area contributed by atoms with Gasteiger partial charge in [-0.05, 0) is 73.8 Å². The Morgan fingerprint density at radius 3 is 2.56 bits per heavy atom. The highest BCUT2D eigenvalue weighted by Gasteiger charge is 2.44. The lowest BCUT2D eigenvalue weighted by molar-refractivity contribution is -0.130. The summed E-state index contributed by atoms with van der Waals surface area (Å²) in [6.45, 7) is 9.58. The SMILES string of the molecule is Cc1ccc(Cl)cc1N1CCN(C(=O)CN2c3ccccc3NC3=C(C(=O)CC(C)(C)C3)C2C2CC=CCC2)CC1. The zero-order valence-electron chi connectivity index (χ0n) is 24.5. The van der Waals surface area contributed by atoms with Crippen LogP contribution in [0.15, 0.2) is 65.9 Å². The number of nitrogens with zero attached hydrogens (tertiary/aromatic N) is 3. The first-order valence-corrected chi connectivity index (χ1v) is 15.4. The number of aryl methyl sites for hydroxylation is 1. The third kappa shape index (κ3) is 5.63. The molecule has 2 heterocycles. The van der Waals surface area contributed by atoms with Crippen LogP contribution in [0.25, 0.3) is 0 Å². The zero-order chi connectivity index (χ0) is 28.7. The lowest BCUT2D eigenvalue weighted by Gasteiger charge is -2.43. The Morgan fingerprint density at radius 1 is 1.02 bits per heavy atom. The number of rotatable bonds is 4. The summed E-state index contributed by atoms with van der Waals surface area (Å²) >= 11 is 6.30. The van der Waals surface area contributed by atoms with Crippen LogP contribution in [0.2, 0.25) is 5.02 Å². The third-order valence-corrected chi connectivity index (χ3v) is 9.49. The summed E-state index contributed by atoms with van der Waals surface area (Å²) < 4.78 is 0. The Hall–Kier alpha value is -3.25. The van der Waals surface area contributed by atoms with Gasteiger partial charge >= 0.3 is 0 Å². The van der Waals surface area contributed by atoms with Gasteiger partial charge in [0, 0.05) is 54.6 Å². The first kappa shape index (κ1) is 27.9. The lowest BCUT2D eigenvalue weighted by Crippen LogP contribution is -2.54. The third-order valence-electron chi connectivity index (χ3n) is 9.26. The van der Waals surface area contributed by atoms with Crippen LogP contribution in [0, 0.1) is 18.3 Å². The van der Waals surface area contributed by atoms with Crippen LogP contribution in [0.5, 0.6) is 0 Å². The van der Waals surface area contributed by atoms with Crippen molar-refractivity contribution in [2.24, 2.45) is 11.3 Å². The molecule has 2 aromatic carbocycles. The minimum atomic E-state index is -0.131. The van der Waals surface area contributed by atoms with E-state index in [-0.39, 0.29) is 35.6 Å². The molecule has 1 N–H and O–H groups in total. The summed E-state index contributed by atoms with van der Waals surface area (Å²) in [4.78, 5) is 34.5. The highest BCUT2D eigenvalue weighted by Crippen LogP contribution is 2.46. The molecule has 0 radical (unpaired) electrons. The van der Waals surface area contributed by atoms with Crippen molar-refractivity contribution < 1.29 is 9.59 Å². The van der Waals surface area contributed by atoms with Crippen molar-refractivity contribution in [1.29, 1.82) is 0 Å². The molecule has 6 nitrogen and oxygen atoms in total. The van der Waals surface area contributed by atoms with Gasteiger partial charge in [0.15, 0.2) is 5.78 Å². The summed E-state index contributed by atoms with van der Waals surface area (Å²) in [5.74, 6) is 0.615. The largest absolute Gasteiger partial charge is 0.368 e. The fourth-order valence-corrected chi connectivity index (χ4v) is 7.40. The average Bonchev–Trinajstić information content (AvgIpc) is 3.08. The molecule has 4 aliphatic rings. The minimum absolute atomic E-state index is 0.0964. The molecule has 1 amide bonds. The number of halogens is 1. The van der Waals surface area contributed by atoms with Gasteiger partial charge in [0.25, 0.3) is 0 Å². The van der Waals surface area contributed by atoms with Crippen molar-refractivity contribution in [3.63, 3.8) is 0 Å². The Kier molecular flexibility index (Phi) is 7.62. The molecule has 0 aromatic heterocycles. The molecule has 2 unspecified atom stereocenters. The van der Waals surface area contributed by atoms with Crippen LogP contribution < -0.4 is 15.1 Å². The highest BCUT2D eigenvalue weighted by molar-refractivity contribution is 6.30. The number of benzene rings is 2. The Morgan fingerprint density at radius 2 is 1.80 bits per heavy atom. The zero-order valence-corrected chi connectivity index (χ0v) is 25.2. The number of ketones is 1. The van der Waals surface area contributed by atoms with Crippen LogP contribution in [0.4, 0.5) is 17.1 Å². The van der Waals surface area contributed by atoms with E-state index in [2.05, 4.69) is 66.2 Å². The van der Waals surface area contributed by atoms with Gasteiger partial charge in [-0.25, -0.2) is 0 Å². The van der Waals surface area contributed by atoms with Crippen molar-refractivity contribution in [3.8, 4) is 0 Å². The predicted octanol–water partition coefficient (Wildman–Crippen LogP) is 6.60. The quantitative estimate of drug-likeness (QED) is 0.418. The van der Waals surface area contributed by atoms with Gasteiger partial charge in [-0.3, -0.25) is 9.59 Å². The Labute approximate surface area is 249 Å². The second-order valence-corrected chi connectivity index (χ2v) is 13.3. The number of fused-ring (bicyclic) bond motifs is 1. The van der Waals surface area contributed by atoms with E-state index in [1.54, 1.807) is 0 Å². The van der Waals surface area contributed by atoms with E-state index < -0.39 is 0 Å². The molecule has 2 aliphatic heterocycles. The molecule has 41 heavy (non-hydrogen) atoms. The van der Waals surface area contributed by atoms with Crippen molar-refractivity contribution in [2.75, 3.05) is 47.8 Å². The number of carbonyl (C=O) groups excluding carboxylic acids is 2. The van der Waals surface area contributed by atoms with Crippen LogP contribution in [-0.2, 0) is 9.59 Å². The summed E-state index contributed by atoms with van der Waals surface area (Å²) in [6, 6.07) is 14.1. The molecular formula is C34H41ClN4O2. The molecule has 0 saturated carbocycles. The molecule has 2 aromatic rings. The molecule has 7 heteroatoms. The number of allylic oxidation sites excluding steroid dienone is 3. The van der Waals surface area contributed by atoms with E-state index in [0.29, 0.717) is 19.5 Å². The number of Topliss-reactive ketones (excluding diaryl/α,β-unsaturated/α-hetero) is 1. The first-order chi connectivity index (χ1) is 19.7. The lowest BCUT2D eigenvalue weighted by atomic mass is 9.71. The summed E-state index contributed by atoms with van der Waals surface area (Å²) in [6.07, 6.45) is 8.81. The summed E-state index contributed by atoms with van der Waals surface area (Å²) in [5.41, 5.74) is 6.16. The van der Waals surface area contributed by atoms with Gasteiger partial charge in [-0.15, -0.1) is 0 Å². The number of amides is 1. The normalized spacial score (nSPS) is 24.0. The number of hydrogen-bond acceptors (Lipinski definition) is 5. The number of hydrogen-bond donors (Lipinski definition) is 1. The van der Waals surface area contributed by atoms with E-state index in [1.165, 1.54) is 5.56 Å². The van der Waals surface area contributed by atoms with Gasteiger partial charge in [-0.1, -0.05) is 55.8 Å². The second kappa shape index (κ2) is 11.2. The molecule has 216 valence electrons. The van der Waals surface area contributed by atoms with Gasteiger partial charge in [0.2, 0.25) is 5.91 Å². The molecule has 0 bridgehead atoms. The summed E-state index contributed by atoms with van der Waals surface area (Å²) in [7, 11) is 0. The van der Waals surface area contributed by atoms with Crippen molar-refractivity contribution in [1.82, 2.24) is 4.90 Å². The van der Waals surface area contributed by atoms with E-state index in [4.69, 9.17) is 11.6 Å². The van der Waals surface area contributed by atoms with Gasteiger partial charge in [-0.2, -0.15) is 0 Å². The molecule has 6 rings (SSSR count). The standard InChI is InChI=1S/C34H41ClN4O2/c1-23-13-14-25(35)19-29(23)37-15-17-38(18-16-37)31(41)22-39-28-12-8-7-11-26(28)36-27-20-34(2,3)21-30(40)32(27)33(39)24-9-5-4-6-10-24/h4-5,7-8,11-14,19,24,33,36H,6,9-10,15-18,20-22H2,1-3H3. The molecule has 2 aliphatic carbocycles. The van der Waals surface area contributed by atoms with Crippen molar-refractivity contribution >= 4 is 40.4 Å². The number of carbonyl (C=O) groups is 2. The molecule has 0 spiro atoms. The van der Waals surface area contributed by atoms with Gasteiger partial charge in [0.05, 0.1) is 24.0 Å². The van der Waals surface area contributed by atoms with E-state index in [0.717, 1.165) is 72.1 Å². The molecule has 1 saturated heterocycles. The molecule has 2 atom stereocenters. The van der Waals surface area contributed by atoms with Gasteiger partial charge < -0.3 is 20.0 Å². The van der Waals surface area contributed by atoms with Crippen LogP contribution in [0.3, 0.4) is 0 Å². The van der Waals surface area contributed by atoms with Crippen LogP contribution >= 0.6 is 11.6 Å². The fraction of sp³-hybridized carbons (Fsp3) is 0.471. The van der Waals surface area contributed by atoms with Crippen LogP contribution in [-0.4, -0.2) is 55.4 Å². The van der Waals surface area contributed by atoms with Crippen molar-refractivity contribution in [2.45, 2.75) is 58.9 Å². The number of anilines is 3. The molecular weight excluding hydrogens is 532 g/mol. The number of para-hydroxylation sites is 2. The van der Waals surface area contributed by atoms with Crippen molar-refractivity contribution in [3.05, 3.63) is 76.5 Å². The maximum absolute atomic E-state index is 14.0.